The number of benzene rings is 1. The van der Waals surface area contributed by atoms with E-state index in [1.54, 1.807) is 11.0 Å². The number of amides is 1. The van der Waals surface area contributed by atoms with Crippen molar-refractivity contribution in [1.82, 2.24) is 10.2 Å². The highest BCUT2D eigenvalue weighted by Crippen LogP contribution is 2.31. The zero-order valence-electron chi connectivity index (χ0n) is 14.8. The molecular weight excluding hydrogens is 333 g/mol. The maximum absolute atomic E-state index is 13.0. The average Bonchev–Trinajstić information content (AvgIpc) is 2.93. The van der Waals surface area contributed by atoms with Gasteiger partial charge in [0, 0.05) is 25.7 Å². The molecule has 0 aromatic heterocycles. The normalized spacial score (nSPS) is 18.5. The Morgan fingerprint density at radius 3 is 2.60 bits per heavy atom. The molecule has 140 valence electrons. The molecule has 2 rings (SSSR count). The largest absolute Gasteiger partial charge is 0.444 e. The number of carbonyl (C=O) groups is 1. The van der Waals surface area contributed by atoms with E-state index >= 15 is 0 Å². The topological polar surface area (TPSA) is 41.6 Å². The fourth-order valence-corrected chi connectivity index (χ4v) is 2.93. The highest BCUT2D eigenvalue weighted by Gasteiger charge is 2.34. The smallest absolute Gasteiger partial charge is 0.416 e. The van der Waals surface area contributed by atoms with Gasteiger partial charge in [0.05, 0.1) is 5.56 Å². The monoisotopic (exact) mass is 358 g/mol. The van der Waals surface area contributed by atoms with Crippen LogP contribution in [0.1, 0.15) is 44.7 Å². The van der Waals surface area contributed by atoms with Gasteiger partial charge in [0.1, 0.15) is 5.60 Å². The molecule has 1 aliphatic heterocycles. The molecule has 1 heterocycles. The summed E-state index contributed by atoms with van der Waals surface area (Å²) < 4.78 is 44.4. The molecule has 7 heteroatoms. The number of nitrogens with one attached hydrogen (secondary N) is 1. The van der Waals surface area contributed by atoms with Gasteiger partial charge < -0.3 is 15.0 Å². The van der Waals surface area contributed by atoms with Crippen molar-refractivity contribution >= 4 is 6.09 Å². The van der Waals surface area contributed by atoms with Crippen molar-refractivity contribution in [3.63, 3.8) is 0 Å². The number of ether oxygens (including phenoxy) is 1. The molecule has 1 aliphatic rings. The second kappa shape index (κ2) is 7.64. The third-order valence-electron chi connectivity index (χ3n) is 4.02. The third-order valence-corrected chi connectivity index (χ3v) is 4.02. The molecule has 25 heavy (non-hydrogen) atoms. The number of hydrogen-bond donors (Lipinski definition) is 1. The van der Waals surface area contributed by atoms with Crippen molar-refractivity contribution in [1.29, 1.82) is 0 Å². The quantitative estimate of drug-likeness (QED) is 0.877. The molecule has 1 saturated heterocycles. The lowest BCUT2D eigenvalue weighted by Crippen LogP contribution is -2.44. The first-order chi connectivity index (χ1) is 11.6. The lowest BCUT2D eigenvalue weighted by atomic mass is 10.1. The van der Waals surface area contributed by atoms with Crippen molar-refractivity contribution in [2.75, 3.05) is 13.1 Å². The van der Waals surface area contributed by atoms with E-state index in [0.29, 0.717) is 13.1 Å². The number of halogens is 3. The van der Waals surface area contributed by atoms with Crippen LogP contribution in [0.4, 0.5) is 18.0 Å². The van der Waals surface area contributed by atoms with Crippen LogP contribution >= 0.6 is 0 Å². The van der Waals surface area contributed by atoms with E-state index in [9.17, 15) is 18.0 Å². The fourth-order valence-electron chi connectivity index (χ4n) is 2.93. The summed E-state index contributed by atoms with van der Waals surface area (Å²) in [5.41, 5.74) is -0.988. The minimum atomic E-state index is -4.37. The van der Waals surface area contributed by atoms with Crippen LogP contribution in [0.15, 0.2) is 24.3 Å². The number of hydrogen-bond acceptors (Lipinski definition) is 3. The molecule has 1 unspecified atom stereocenters. The summed E-state index contributed by atoms with van der Waals surface area (Å²) >= 11 is 0. The molecule has 0 aliphatic carbocycles. The summed E-state index contributed by atoms with van der Waals surface area (Å²) in [6.07, 6.45) is -3.06. The number of carbonyl (C=O) groups excluding carboxylic acids is 1. The maximum atomic E-state index is 13.0. The summed E-state index contributed by atoms with van der Waals surface area (Å²) in [6.45, 7) is 6.58. The minimum Gasteiger partial charge on any atom is -0.444 e. The summed E-state index contributed by atoms with van der Waals surface area (Å²) in [4.78, 5) is 13.9. The Hall–Kier alpha value is -1.76. The van der Waals surface area contributed by atoms with Gasteiger partial charge in [0.15, 0.2) is 0 Å². The Labute approximate surface area is 146 Å². The fraction of sp³-hybridized carbons (Fsp3) is 0.611. The summed E-state index contributed by atoms with van der Waals surface area (Å²) in [5, 5.41) is 3.05. The summed E-state index contributed by atoms with van der Waals surface area (Å²) in [7, 11) is 0. The van der Waals surface area contributed by atoms with Crippen LogP contribution in [0.25, 0.3) is 0 Å². The average molecular weight is 358 g/mol. The van der Waals surface area contributed by atoms with Crippen molar-refractivity contribution in [2.45, 2.75) is 58.0 Å². The molecule has 1 fully saturated rings. The molecule has 0 saturated carbocycles. The number of alkyl halides is 3. The zero-order valence-corrected chi connectivity index (χ0v) is 14.8. The van der Waals surface area contributed by atoms with Gasteiger partial charge in [-0.3, -0.25) is 0 Å². The van der Waals surface area contributed by atoms with E-state index in [4.69, 9.17) is 4.74 Å². The van der Waals surface area contributed by atoms with E-state index in [2.05, 4.69) is 5.32 Å². The van der Waals surface area contributed by atoms with Gasteiger partial charge in [-0.25, -0.2) is 4.79 Å². The molecule has 0 spiro atoms. The minimum absolute atomic E-state index is 0.0621. The highest BCUT2D eigenvalue weighted by atomic mass is 19.4. The Bertz CT molecular complexity index is 597. The maximum Gasteiger partial charge on any atom is 0.416 e. The van der Waals surface area contributed by atoms with E-state index in [0.717, 1.165) is 18.9 Å². The molecule has 4 nitrogen and oxygen atoms in total. The van der Waals surface area contributed by atoms with E-state index in [1.807, 2.05) is 20.8 Å². The van der Waals surface area contributed by atoms with Crippen LogP contribution in [0.2, 0.25) is 0 Å². The van der Waals surface area contributed by atoms with Gasteiger partial charge in [0.2, 0.25) is 0 Å². The molecular formula is C18H25F3N2O2. The summed E-state index contributed by atoms with van der Waals surface area (Å²) in [5.74, 6) is 0. The first kappa shape index (κ1) is 19.6. The molecule has 1 N–H and O–H groups in total. The second-order valence-corrected chi connectivity index (χ2v) is 7.26. The lowest BCUT2D eigenvalue weighted by molar-refractivity contribution is -0.138. The van der Waals surface area contributed by atoms with Crippen LogP contribution in [-0.2, 0) is 17.5 Å². The van der Waals surface area contributed by atoms with E-state index in [-0.39, 0.29) is 24.2 Å². The van der Waals surface area contributed by atoms with Crippen molar-refractivity contribution in [3.8, 4) is 0 Å². The molecule has 1 amide bonds. The molecule has 1 aromatic carbocycles. The summed E-state index contributed by atoms with van der Waals surface area (Å²) in [6, 6.07) is 5.46. The highest BCUT2D eigenvalue weighted by molar-refractivity contribution is 5.69. The van der Waals surface area contributed by atoms with Crippen molar-refractivity contribution in [3.05, 3.63) is 35.4 Å². The van der Waals surface area contributed by atoms with Crippen LogP contribution in [0.3, 0.4) is 0 Å². The standard InChI is InChI=1S/C18H25F3N2O2/c1-17(2,3)25-16(24)23-10-6-8-14(23)12-22-11-13-7-4-5-9-15(13)18(19,20)21/h4-5,7,9,14,22H,6,8,10-12H2,1-3H3. The predicted octanol–water partition coefficient (Wildman–Crippen LogP) is 4.19. The first-order valence-corrected chi connectivity index (χ1v) is 8.43. The molecule has 0 bridgehead atoms. The van der Waals surface area contributed by atoms with Crippen LogP contribution in [0, 0.1) is 0 Å². The number of nitrogens with zero attached hydrogens (tertiary/aromatic N) is 1. The predicted molar refractivity (Wildman–Crippen MR) is 89.1 cm³/mol. The SMILES string of the molecule is CC(C)(C)OC(=O)N1CCCC1CNCc1ccccc1C(F)(F)F. The van der Waals surface area contributed by atoms with Crippen molar-refractivity contribution < 1.29 is 22.7 Å². The van der Waals surface area contributed by atoms with Crippen LogP contribution < -0.4 is 5.32 Å². The first-order valence-electron chi connectivity index (χ1n) is 8.43. The number of likely N-dealkylation sites (tertiary alicyclic amines) is 1. The van der Waals surface area contributed by atoms with Gasteiger partial charge in [-0.05, 0) is 45.2 Å². The third kappa shape index (κ3) is 5.63. The van der Waals surface area contributed by atoms with Crippen molar-refractivity contribution in [2.24, 2.45) is 0 Å². The Balaban J connectivity index is 1.92. The van der Waals surface area contributed by atoms with Gasteiger partial charge in [-0.15, -0.1) is 0 Å². The number of rotatable bonds is 4. The van der Waals surface area contributed by atoms with E-state index < -0.39 is 17.3 Å². The Morgan fingerprint density at radius 1 is 1.28 bits per heavy atom. The Morgan fingerprint density at radius 2 is 1.96 bits per heavy atom. The molecule has 1 atom stereocenters. The van der Waals surface area contributed by atoms with Gasteiger partial charge in [-0.2, -0.15) is 13.2 Å². The van der Waals surface area contributed by atoms with Crippen LogP contribution in [0.5, 0.6) is 0 Å². The zero-order chi connectivity index (χ0) is 18.7. The van der Waals surface area contributed by atoms with Gasteiger partial charge >= 0.3 is 12.3 Å². The van der Waals surface area contributed by atoms with Crippen LogP contribution in [-0.4, -0.2) is 35.7 Å². The van der Waals surface area contributed by atoms with Gasteiger partial charge in [-0.1, -0.05) is 18.2 Å². The lowest BCUT2D eigenvalue weighted by Gasteiger charge is -2.28. The van der Waals surface area contributed by atoms with E-state index in [1.165, 1.54) is 12.1 Å². The van der Waals surface area contributed by atoms with Gasteiger partial charge in [0.25, 0.3) is 0 Å². The second-order valence-electron chi connectivity index (χ2n) is 7.26. The Kier molecular flexibility index (Phi) is 5.98. The molecule has 1 aromatic rings. The molecule has 0 radical (unpaired) electrons.